The first-order valence-corrected chi connectivity index (χ1v) is 6.39. The van der Waals surface area contributed by atoms with Gasteiger partial charge < -0.3 is 10.6 Å². The quantitative estimate of drug-likeness (QED) is 0.830. The predicted octanol–water partition coefficient (Wildman–Crippen LogP) is 2.59. The van der Waals surface area contributed by atoms with E-state index in [1.165, 1.54) is 6.92 Å². The Hall–Kier alpha value is -2.17. The number of ketones is 1. The zero-order chi connectivity index (χ0) is 15.3. The second-order valence-electron chi connectivity index (χ2n) is 5.71. The van der Waals surface area contributed by atoms with Crippen molar-refractivity contribution < 1.29 is 14.4 Å². The SMILES string of the molecule is CC(=O)CC(=O)Nc1cccc(NC(=O)C(C)(C)C)c1. The molecule has 0 aliphatic heterocycles. The largest absolute Gasteiger partial charge is 0.326 e. The van der Waals surface area contributed by atoms with E-state index in [1.807, 2.05) is 20.8 Å². The fourth-order valence-corrected chi connectivity index (χ4v) is 1.42. The molecule has 2 amide bonds. The highest BCUT2D eigenvalue weighted by atomic mass is 16.2. The molecule has 0 unspecified atom stereocenters. The Bertz CT molecular complexity index is 530. The van der Waals surface area contributed by atoms with Crippen molar-refractivity contribution in [2.45, 2.75) is 34.1 Å². The molecule has 1 aromatic carbocycles. The molecule has 5 nitrogen and oxygen atoms in total. The van der Waals surface area contributed by atoms with Gasteiger partial charge in [-0.15, -0.1) is 0 Å². The number of hydrogen-bond acceptors (Lipinski definition) is 3. The van der Waals surface area contributed by atoms with Crippen LogP contribution in [-0.2, 0) is 14.4 Å². The van der Waals surface area contributed by atoms with Crippen LogP contribution in [0, 0.1) is 5.41 Å². The van der Waals surface area contributed by atoms with Gasteiger partial charge in [-0.05, 0) is 25.1 Å². The average Bonchev–Trinajstić information content (AvgIpc) is 2.26. The van der Waals surface area contributed by atoms with Crippen LogP contribution in [0.3, 0.4) is 0 Å². The van der Waals surface area contributed by atoms with Crippen molar-refractivity contribution in [2.24, 2.45) is 5.41 Å². The molecule has 1 rings (SSSR count). The molecule has 0 atom stereocenters. The third-order valence-electron chi connectivity index (χ3n) is 2.49. The van der Waals surface area contributed by atoms with Gasteiger partial charge in [-0.2, -0.15) is 0 Å². The number of anilines is 2. The lowest BCUT2D eigenvalue weighted by Gasteiger charge is -2.18. The Morgan fingerprint density at radius 1 is 1.05 bits per heavy atom. The Labute approximate surface area is 118 Å². The second kappa shape index (κ2) is 6.32. The van der Waals surface area contributed by atoms with Crippen LogP contribution in [0.2, 0.25) is 0 Å². The summed E-state index contributed by atoms with van der Waals surface area (Å²) in [6, 6.07) is 6.82. The summed E-state index contributed by atoms with van der Waals surface area (Å²) in [7, 11) is 0. The van der Waals surface area contributed by atoms with E-state index in [-0.39, 0.29) is 24.0 Å². The van der Waals surface area contributed by atoms with Crippen molar-refractivity contribution >= 4 is 29.0 Å². The molecule has 2 N–H and O–H groups in total. The summed E-state index contributed by atoms with van der Waals surface area (Å²) in [5.41, 5.74) is 0.655. The molecule has 0 heterocycles. The molecule has 20 heavy (non-hydrogen) atoms. The number of benzene rings is 1. The summed E-state index contributed by atoms with van der Waals surface area (Å²) in [6.45, 7) is 6.82. The number of hydrogen-bond donors (Lipinski definition) is 2. The molecule has 0 fully saturated rings. The molecule has 5 heteroatoms. The van der Waals surface area contributed by atoms with Crippen molar-refractivity contribution in [1.82, 2.24) is 0 Å². The van der Waals surface area contributed by atoms with E-state index in [0.29, 0.717) is 11.4 Å². The van der Waals surface area contributed by atoms with E-state index in [2.05, 4.69) is 10.6 Å². The van der Waals surface area contributed by atoms with Gasteiger partial charge in [0.15, 0.2) is 0 Å². The van der Waals surface area contributed by atoms with Gasteiger partial charge in [0, 0.05) is 16.8 Å². The molecule has 1 aromatic rings. The minimum absolute atomic E-state index is 0.107. The number of carbonyl (C=O) groups is 3. The number of amides is 2. The van der Waals surface area contributed by atoms with Crippen LogP contribution >= 0.6 is 0 Å². The number of rotatable bonds is 4. The summed E-state index contributed by atoms with van der Waals surface area (Å²) < 4.78 is 0. The molecular formula is C15H20N2O3. The maximum absolute atomic E-state index is 11.9. The van der Waals surface area contributed by atoms with Crippen LogP contribution in [0.1, 0.15) is 34.1 Å². The van der Waals surface area contributed by atoms with E-state index in [0.717, 1.165) is 0 Å². The third kappa shape index (κ3) is 5.22. The summed E-state index contributed by atoms with van der Waals surface area (Å²) in [5, 5.41) is 5.39. The first kappa shape index (κ1) is 15.9. The number of nitrogens with one attached hydrogen (secondary N) is 2. The molecule has 0 saturated heterocycles. The van der Waals surface area contributed by atoms with Crippen molar-refractivity contribution in [3.63, 3.8) is 0 Å². The van der Waals surface area contributed by atoms with E-state index in [1.54, 1.807) is 24.3 Å². The van der Waals surface area contributed by atoms with Gasteiger partial charge in [0.2, 0.25) is 11.8 Å². The third-order valence-corrected chi connectivity index (χ3v) is 2.49. The highest BCUT2D eigenvalue weighted by Crippen LogP contribution is 2.20. The maximum atomic E-state index is 11.9. The van der Waals surface area contributed by atoms with Gasteiger partial charge in [-0.3, -0.25) is 14.4 Å². The Balaban J connectivity index is 2.74. The lowest BCUT2D eigenvalue weighted by molar-refractivity contribution is -0.124. The van der Waals surface area contributed by atoms with E-state index < -0.39 is 5.41 Å². The molecule has 0 bridgehead atoms. The normalized spacial score (nSPS) is 10.8. The standard InChI is InChI=1S/C15H20N2O3/c1-10(18)8-13(19)16-11-6-5-7-12(9-11)17-14(20)15(2,3)4/h5-7,9H,8H2,1-4H3,(H,16,19)(H,17,20). The van der Waals surface area contributed by atoms with Crippen molar-refractivity contribution in [2.75, 3.05) is 10.6 Å². The lowest BCUT2D eigenvalue weighted by Crippen LogP contribution is -2.27. The van der Waals surface area contributed by atoms with Gasteiger partial charge >= 0.3 is 0 Å². The molecule has 0 aliphatic rings. The fraction of sp³-hybridized carbons (Fsp3) is 0.400. The molecule has 0 aliphatic carbocycles. The summed E-state index contributed by atoms with van der Waals surface area (Å²) in [5.74, 6) is -0.666. The minimum atomic E-state index is -0.492. The first-order valence-electron chi connectivity index (χ1n) is 6.39. The van der Waals surface area contributed by atoms with Gasteiger partial charge in [0.25, 0.3) is 0 Å². The summed E-state index contributed by atoms with van der Waals surface area (Å²) in [6.07, 6.45) is -0.154. The van der Waals surface area contributed by atoms with Gasteiger partial charge in [-0.25, -0.2) is 0 Å². The summed E-state index contributed by atoms with van der Waals surface area (Å²) >= 11 is 0. The van der Waals surface area contributed by atoms with E-state index >= 15 is 0 Å². The first-order chi connectivity index (χ1) is 9.18. The zero-order valence-electron chi connectivity index (χ0n) is 12.2. The number of Topliss-reactive ketones (excluding diaryl/α,β-unsaturated/α-hetero) is 1. The Morgan fingerprint density at radius 3 is 2.10 bits per heavy atom. The van der Waals surface area contributed by atoms with Crippen LogP contribution < -0.4 is 10.6 Å². The molecule has 108 valence electrons. The fourth-order valence-electron chi connectivity index (χ4n) is 1.42. The minimum Gasteiger partial charge on any atom is -0.326 e. The highest BCUT2D eigenvalue weighted by Gasteiger charge is 2.21. The second-order valence-corrected chi connectivity index (χ2v) is 5.71. The van der Waals surface area contributed by atoms with Gasteiger partial charge in [0.1, 0.15) is 5.78 Å². The smallest absolute Gasteiger partial charge is 0.231 e. The molecule has 0 spiro atoms. The van der Waals surface area contributed by atoms with Crippen molar-refractivity contribution in [3.05, 3.63) is 24.3 Å². The van der Waals surface area contributed by atoms with Crippen LogP contribution in [0.5, 0.6) is 0 Å². The zero-order valence-corrected chi connectivity index (χ0v) is 12.2. The maximum Gasteiger partial charge on any atom is 0.231 e. The van der Waals surface area contributed by atoms with Crippen molar-refractivity contribution in [3.8, 4) is 0 Å². The monoisotopic (exact) mass is 276 g/mol. The van der Waals surface area contributed by atoms with Crippen LogP contribution in [-0.4, -0.2) is 17.6 Å². The van der Waals surface area contributed by atoms with Crippen LogP contribution in [0.4, 0.5) is 11.4 Å². The molecular weight excluding hydrogens is 256 g/mol. The Kier molecular flexibility index (Phi) is 5.02. The van der Waals surface area contributed by atoms with Crippen LogP contribution in [0.15, 0.2) is 24.3 Å². The van der Waals surface area contributed by atoms with E-state index in [9.17, 15) is 14.4 Å². The summed E-state index contributed by atoms with van der Waals surface area (Å²) in [4.78, 5) is 34.2. The molecule has 0 radical (unpaired) electrons. The lowest BCUT2D eigenvalue weighted by atomic mass is 9.95. The molecule has 0 saturated carbocycles. The van der Waals surface area contributed by atoms with E-state index in [4.69, 9.17) is 0 Å². The Morgan fingerprint density at radius 2 is 1.60 bits per heavy atom. The highest BCUT2D eigenvalue weighted by molar-refractivity contribution is 6.04. The van der Waals surface area contributed by atoms with Gasteiger partial charge in [0.05, 0.1) is 6.42 Å². The topological polar surface area (TPSA) is 75.3 Å². The van der Waals surface area contributed by atoms with Crippen LogP contribution in [0.25, 0.3) is 0 Å². The molecule has 0 aromatic heterocycles. The number of carbonyl (C=O) groups excluding carboxylic acids is 3. The van der Waals surface area contributed by atoms with Crippen molar-refractivity contribution in [1.29, 1.82) is 0 Å². The van der Waals surface area contributed by atoms with Gasteiger partial charge in [-0.1, -0.05) is 26.8 Å². The average molecular weight is 276 g/mol. The predicted molar refractivity (Wildman–Crippen MR) is 78.5 cm³/mol.